The van der Waals surface area contributed by atoms with Crippen LogP contribution in [-0.4, -0.2) is 235 Å². The number of hydrogen-bond acceptors (Lipinski definition) is 24. The highest BCUT2D eigenvalue weighted by atomic mass is 79.9. The maximum Gasteiger partial charge on any atom is 0.238 e. The third-order valence-corrected chi connectivity index (χ3v) is 22.8. The SMILES string of the molecule is CC1=C(Cl)SC2N=CN(CC(=O)CC3NCCC3O)C(=O)C12.O=C(CC1NCCC1O)CN1C=NC2SC(Br)=CC2C1=O.O=C(CC1NCCC1O)CN1C=NC2SC(c3ccccc3)=CC2C1=O.O=C(CC1NCCC1O)CN1C=NC2SC=CC2C1=O. The number of halogens is 2. The van der Waals surface area contributed by atoms with Crippen LogP contribution in [0, 0.1) is 23.7 Å². The number of carbonyl (C=O) groups is 8. The summed E-state index contributed by atoms with van der Waals surface area (Å²) < 4.78 is 1.53. The van der Waals surface area contributed by atoms with Crippen molar-refractivity contribution in [3.63, 3.8) is 0 Å². The molecule has 12 aliphatic rings. The first-order chi connectivity index (χ1) is 42.8. The van der Waals surface area contributed by atoms with E-state index in [0.717, 1.165) is 39.5 Å². The lowest BCUT2D eigenvalue weighted by atomic mass is 9.99. The first-order valence-corrected chi connectivity index (χ1v) is 34.4. The Labute approximate surface area is 545 Å². The quantitative estimate of drug-likeness (QED) is 0.111. The van der Waals surface area contributed by atoms with Crippen molar-refractivity contribution in [2.45, 2.75) is 128 Å². The number of Topliss-reactive ketones (excluding diaryl/α,β-unsaturated/α-hetero) is 4. The van der Waals surface area contributed by atoms with Gasteiger partial charge in [0, 0.05) is 58.6 Å². The van der Waals surface area contributed by atoms with Crippen LogP contribution < -0.4 is 21.3 Å². The van der Waals surface area contributed by atoms with Crippen molar-refractivity contribution in [3.8, 4) is 0 Å². The van der Waals surface area contributed by atoms with Crippen LogP contribution in [0.4, 0.5) is 0 Å². The van der Waals surface area contributed by atoms with Crippen LogP contribution in [0.3, 0.4) is 0 Å². The maximum absolute atomic E-state index is 12.8. The minimum atomic E-state index is -0.491. The summed E-state index contributed by atoms with van der Waals surface area (Å²) >= 11 is 15.4. The van der Waals surface area contributed by atoms with Gasteiger partial charge >= 0.3 is 0 Å². The molecule has 0 radical (unpaired) electrons. The van der Waals surface area contributed by atoms with Crippen LogP contribution in [0.1, 0.15) is 63.9 Å². The molecule has 0 aliphatic carbocycles. The van der Waals surface area contributed by atoms with Crippen molar-refractivity contribution >= 4 is 152 Å². The average molecular weight is 1380 g/mol. The lowest BCUT2D eigenvalue weighted by molar-refractivity contribution is -0.134. The normalized spacial score (nSPS) is 33.7. The Morgan fingerprint density at radius 1 is 0.539 bits per heavy atom. The fourth-order valence-corrected chi connectivity index (χ4v) is 17.4. The van der Waals surface area contributed by atoms with Crippen molar-refractivity contribution in [2.24, 2.45) is 43.6 Å². The molecule has 4 amide bonds. The Morgan fingerprint density at radius 3 is 1.37 bits per heavy atom. The van der Waals surface area contributed by atoms with Gasteiger partial charge < -0.3 is 41.7 Å². The van der Waals surface area contributed by atoms with E-state index in [-0.39, 0.29) is 168 Å². The number of amides is 4. The first-order valence-electron chi connectivity index (χ1n) is 29.7. The van der Waals surface area contributed by atoms with Crippen LogP contribution in [0.25, 0.3) is 4.91 Å². The molecule has 4 saturated heterocycles. The van der Waals surface area contributed by atoms with Crippen molar-refractivity contribution in [3.05, 3.63) is 73.3 Å². The van der Waals surface area contributed by atoms with Gasteiger partial charge in [-0.3, -0.25) is 77.9 Å². The van der Waals surface area contributed by atoms with E-state index >= 15 is 0 Å². The van der Waals surface area contributed by atoms with Gasteiger partial charge in [-0.15, -0.1) is 11.8 Å². The molecule has 16 unspecified atom stereocenters. The topological polar surface area (TPSA) is 328 Å². The third kappa shape index (κ3) is 16.7. The maximum atomic E-state index is 12.8. The predicted octanol–water partition coefficient (Wildman–Crippen LogP) is 2.17. The molecule has 1 aromatic carbocycles. The molecule has 0 saturated carbocycles. The van der Waals surface area contributed by atoms with E-state index in [2.05, 4.69) is 57.2 Å². The van der Waals surface area contributed by atoms with Crippen LogP contribution in [0.15, 0.2) is 87.7 Å². The van der Waals surface area contributed by atoms with Crippen molar-refractivity contribution in [2.75, 3.05) is 52.4 Å². The van der Waals surface area contributed by atoms with Gasteiger partial charge in [-0.1, -0.05) is 89.4 Å². The highest BCUT2D eigenvalue weighted by molar-refractivity contribution is 9.14. The third-order valence-electron chi connectivity index (χ3n) is 17.0. The van der Waals surface area contributed by atoms with Crippen LogP contribution >= 0.6 is 74.6 Å². The van der Waals surface area contributed by atoms with Crippen molar-refractivity contribution in [1.29, 1.82) is 0 Å². The number of nitrogens with zero attached hydrogens (tertiary/aromatic N) is 8. The van der Waals surface area contributed by atoms with Gasteiger partial charge in [-0.05, 0) is 97.3 Å². The average Bonchev–Trinajstić information content (AvgIpc) is 2.20. The molecule has 8 N–H and O–H groups in total. The second kappa shape index (κ2) is 30.8. The highest BCUT2D eigenvalue weighted by Crippen LogP contribution is 2.47. The summed E-state index contributed by atoms with van der Waals surface area (Å²) in [5, 5.41) is 52.7. The van der Waals surface area contributed by atoms with Crippen LogP contribution in [-0.2, 0) is 38.4 Å². The molecule has 13 rings (SSSR count). The summed E-state index contributed by atoms with van der Waals surface area (Å²) in [4.78, 5) is 122. The van der Waals surface area contributed by atoms with E-state index in [1.807, 2.05) is 60.9 Å². The summed E-state index contributed by atoms with van der Waals surface area (Å²) in [6, 6.07) is 9.14. The molecular weight excluding hydrogens is 1310 g/mol. The largest absolute Gasteiger partial charge is 0.391 e. The lowest BCUT2D eigenvalue weighted by Gasteiger charge is -2.28. The predicted molar refractivity (Wildman–Crippen MR) is 348 cm³/mol. The number of ketones is 4. The Hall–Kier alpha value is -4.73. The van der Waals surface area contributed by atoms with Gasteiger partial charge in [0.25, 0.3) is 0 Å². The van der Waals surface area contributed by atoms with Gasteiger partial charge in [-0.2, -0.15) is 0 Å². The molecule has 24 nitrogen and oxygen atoms in total. The number of thioether (sulfide) groups is 4. The zero-order valence-corrected chi connectivity index (χ0v) is 54.2. The number of carbonyl (C=O) groups excluding carboxylic acids is 8. The second-order valence-corrected chi connectivity index (χ2v) is 29.8. The Balaban J connectivity index is 0.000000131. The van der Waals surface area contributed by atoms with Crippen LogP contribution in [0.2, 0.25) is 0 Å². The monoisotopic (exact) mass is 1380 g/mol. The number of aliphatic hydroxyl groups is 4. The minimum Gasteiger partial charge on any atom is -0.391 e. The summed E-state index contributed by atoms with van der Waals surface area (Å²) in [5.41, 5.74) is 1.91. The van der Waals surface area contributed by atoms with Gasteiger partial charge in [0.1, 0.15) is 21.5 Å². The smallest absolute Gasteiger partial charge is 0.238 e. The van der Waals surface area contributed by atoms with E-state index < -0.39 is 24.4 Å². The molecule has 478 valence electrons. The fraction of sp³-hybridized carbons (Fsp3) is 0.559. The number of rotatable bonds is 17. The summed E-state index contributed by atoms with van der Waals surface area (Å²) in [5.74, 6) is -1.90. The molecule has 1 aromatic rings. The van der Waals surface area contributed by atoms with E-state index in [4.69, 9.17) is 11.6 Å². The summed E-state index contributed by atoms with van der Waals surface area (Å²) in [7, 11) is 0. The standard InChI is InChI=1S/C19H21N3O3S.C14H18ClN3O3S.C13H16BrN3O3S.C13H17N3O3S/c23-13(8-15-16(24)6-7-20-15)10-22-11-21-18-14(19(22)25)9-17(26-18)12-4-2-1-3-5-12;1-7-11-13(22-12(7)15)17-6-18(14(11)21)5-8(19)4-9-10(20)2-3-16-9;14-11-4-8-12(21-11)16-6-17(13(8)20)5-7(18)3-9-10(19)1-2-15-9;17-8(5-10-11(18)1-3-14-10)6-16-7-15-12-9(13(16)19)2-4-20-12/h1-5,9,11,14-16,18,20,24H,6-8,10H2;6,9-11,13,16,20H,2-5H2,1H3;4,6,8-10,12,15,19H,1-3,5H2;2,4,7,9-12,14,18H,1,3,5-6H2. The number of benzene rings is 1. The van der Waals surface area contributed by atoms with E-state index in [9.17, 15) is 58.8 Å². The van der Waals surface area contributed by atoms with E-state index in [0.29, 0.717) is 36.6 Å². The van der Waals surface area contributed by atoms with E-state index in [1.165, 1.54) is 80.2 Å². The number of aliphatic hydroxyl groups excluding tert-OH is 4. The number of fused-ring (bicyclic) bond motifs is 4. The summed E-state index contributed by atoms with van der Waals surface area (Å²) in [6.07, 6.45) is 13.2. The molecule has 0 aromatic heterocycles. The van der Waals surface area contributed by atoms with Gasteiger partial charge in [0.2, 0.25) is 23.6 Å². The molecule has 0 spiro atoms. The fourth-order valence-electron chi connectivity index (χ4n) is 12.0. The Bertz CT molecular complexity index is 3140. The molecule has 12 aliphatic heterocycles. The molecule has 4 fully saturated rings. The van der Waals surface area contributed by atoms with Crippen molar-refractivity contribution in [1.82, 2.24) is 40.9 Å². The number of aliphatic imine (C=N–C) groups is 4. The van der Waals surface area contributed by atoms with Gasteiger partial charge in [0.05, 0.1) is 104 Å². The Morgan fingerprint density at radius 2 is 0.933 bits per heavy atom. The highest BCUT2D eigenvalue weighted by Gasteiger charge is 2.45. The molecular formula is C59H72BrClN12O12S4. The molecule has 89 heavy (non-hydrogen) atoms. The van der Waals surface area contributed by atoms with Crippen molar-refractivity contribution < 1.29 is 58.8 Å². The lowest BCUT2D eigenvalue weighted by Crippen LogP contribution is -2.45. The molecule has 12 heterocycles. The molecule has 0 bridgehead atoms. The summed E-state index contributed by atoms with van der Waals surface area (Å²) in [6.45, 7) is 4.78. The molecule has 30 heteroatoms. The zero-order chi connectivity index (χ0) is 63.0. The zero-order valence-electron chi connectivity index (χ0n) is 48.6. The first kappa shape index (κ1) is 67.2. The molecule has 16 atom stereocenters. The van der Waals surface area contributed by atoms with E-state index in [1.54, 1.807) is 11.8 Å². The Kier molecular flexibility index (Phi) is 23.2. The van der Waals surface area contributed by atoms with Crippen LogP contribution in [0.5, 0.6) is 0 Å². The van der Waals surface area contributed by atoms with Gasteiger partial charge in [0.15, 0.2) is 23.1 Å². The van der Waals surface area contributed by atoms with Gasteiger partial charge in [-0.25, -0.2) is 0 Å². The minimum absolute atomic E-state index is 0.00792. The number of nitrogens with one attached hydrogen (secondary N) is 4. The second-order valence-electron chi connectivity index (χ2n) is 23.3. The number of hydrogen-bond donors (Lipinski definition) is 8.